The predicted octanol–water partition coefficient (Wildman–Crippen LogP) is 2.15. The van der Waals surface area contributed by atoms with E-state index in [9.17, 15) is 0 Å². The van der Waals surface area contributed by atoms with Crippen molar-refractivity contribution in [2.75, 3.05) is 13.6 Å². The lowest BCUT2D eigenvalue weighted by Gasteiger charge is -2.19. The number of nitrogens with zero attached hydrogens (tertiary/aromatic N) is 2. The Morgan fingerprint density at radius 3 is 3.00 bits per heavy atom. The number of hydrogen-bond donors (Lipinski definition) is 1. The fraction of sp³-hybridized carbons (Fsp3) is 0.400. The summed E-state index contributed by atoms with van der Waals surface area (Å²) in [6.07, 6.45) is 3.11. The molecule has 100 valence electrons. The van der Waals surface area contributed by atoms with Gasteiger partial charge in [-0.1, -0.05) is 18.2 Å². The monoisotopic (exact) mass is 257 g/mol. The molecule has 1 aromatic heterocycles. The molecule has 1 aromatic carbocycles. The molecule has 2 heterocycles. The van der Waals surface area contributed by atoms with Gasteiger partial charge in [0.05, 0.1) is 6.54 Å². The highest BCUT2D eigenvalue weighted by Gasteiger charge is 2.23. The Balaban J connectivity index is 1.55. The third-order valence-corrected chi connectivity index (χ3v) is 3.40. The molecule has 0 bridgehead atoms. The van der Waals surface area contributed by atoms with Crippen LogP contribution in [-0.2, 0) is 13.0 Å². The first-order valence-electron chi connectivity index (χ1n) is 6.64. The van der Waals surface area contributed by atoms with E-state index >= 15 is 0 Å². The summed E-state index contributed by atoms with van der Waals surface area (Å²) >= 11 is 0. The highest BCUT2D eigenvalue weighted by molar-refractivity contribution is 5.37. The number of aryl methyl sites for hydroxylation is 1. The van der Waals surface area contributed by atoms with Gasteiger partial charge in [0.15, 0.2) is 0 Å². The lowest BCUT2D eigenvalue weighted by Crippen LogP contribution is -2.31. The first-order chi connectivity index (χ1) is 9.20. The van der Waals surface area contributed by atoms with Gasteiger partial charge in [0.25, 0.3) is 0 Å². The average molecular weight is 257 g/mol. The number of ether oxygens (including phenoxy) is 1. The number of aromatic nitrogens is 2. The molecule has 0 amide bonds. The molecule has 0 spiro atoms. The largest absolute Gasteiger partial charge is 0.488 e. The molecule has 1 N–H and O–H groups in total. The minimum absolute atomic E-state index is 0.249. The van der Waals surface area contributed by atoms with Crippen LogP contribution >= 0.6 is 0 Å². The lowest BCUT2D eigenvalue weighted by atomic mass is 10.1. The highest BCUT2D eigenvalue weighted by Crippen LogP contribution is 2.28. The molecule has 3 rings (SSSR count). The number of benzene rings is 1. The number of hydrogen-bond acceptors (Lipinski definition) is 3. The van der Waals surface area contributed by atoms with Crippen molar-refractivity contribution in [1.82, 2.24) is 14.9 Å². The maximum atomic E-state index is 5.95. The van der Waals surface area contributed by atoms with Crippen molar-refractivity contribution in [2.24, 2.45) is 0 Å². The predicted molar refractivity (Wildman–Crippen MR) is 74.2 cm³/mol. The molecule has 1 aliphatic rings. The molecular formula is C15H19N3O. The van der Waals surface area contributed by atoms with E-state index in [1.165, 1.54) is 5.56 Å². The van der Waals surface area contributed by atoms with Gasteiger partial charge in [-0.2, -0.15) is 0 Å². The van der Waals surface area contributed by atoms with Crippen molar-refractivity contribution in [3.05, 3.63) is 47.5 Å². The van der Waals surface area contributed by atoms with E-state index in [0.29, 0.717) is 0 Å². The van der Waals surface area contributed by atoms with Crippen LogP contribution < -0.4 is 4.74 Å². The number of aromatic amines is 1. The summed E-state index contributed by atoms with van der Waals surface area (Å²) in [5.41, 5.74) is 2.42. The maximum absolute atomic E-state index is 5.95. The minimum Gasteiger partial charge on any atom is -0.488 e. The van der Waals surface area contributed by atoms with Crippen LogP contribution in [-0.4, -0.2) is 34.6 Å². The van der Waals surface area contributed by atoms with Gasteiger partial charge in [-0.25, -0.2) is 4.98 Å². The van der Waals surface area contributed by atoms with Crippen LogP contribution in [0.1, 0.15) is 17.1 Å². The Bertz CT molecular complexity index is 539. The zero-order valence-electron chi connectivity index (χ0n) is 11.4. The smallest absolute Gasteiger partial charge is 0.123 e. The lowest BCUT2D eigenvalue weighted by molar-refractivity contribution is 0.163. The molecule has 0 aliphatic carbocycles. The van der Waals surface area contributed by atoms with Gasteiger partial charge in [0.2, 0.25) is 0 Å². The van der Waals surface area contributed by atoms with Gasteiger partial charge in [-0.05, 0) is 25.6 Å². The van der Waals surface area contributed by atoms with Crippen molar-refractivity contribution >= 4 is 0 Å². The van der Waals surface area contributed by atoms with Gasteiger partial charge >= 0.3 is 0 Å². The number of imidazole rings is 1. The van der Waals surface area contributed by atoms with Crippen molar-refractivity contribution in [1.29, 1.82) is 0 Å². The molecule has 0 unspecified atom stereocenters. The van der Waals surface area contributed by atoms with E-state index in [-0.39, 0.29) is 6.10 Å². The molecule has 0 saturated carbocycles. The number of fused-ring (bicyclic) bond motifs is 1. The Kier molecular flexibility index (Phi) is 3.25. The Morgan fingerprint density at radius 2 is 2.26 bits per heavy atom. The summed E-state index contributed by atoms with van der Waals surface area (Å²) in [5.74, 6) is 2.05. The number of H-pyrrole nitrogens is 1. The van der Waals surface area contributed by atoms with Gasteiger partial charge < -0.3 is 9.72 Å². The number of rotatable bonds is 4. The van der Waals surface area contributed by atoms with E-state index in [2.05, 4.69) is 34.0 Å². The van der Waals surface area contributed by atoms with Crippen molar-refractivity contribution in [3.63, 3.8) is 0 Å². The third kappa shape index (κ3) is 2.79. The first-order valence-corrected chi connectivity index (χ1v) is 6.64. The molecule has 1 aliphatic heterocycles. The van der Waals surface area contributed by atoms with Crippen molar-refractivity contribution < 1.29 is 4.74 Å². The first kappa shape index (κ1) is 12.2. The van der Waals surface area contributed by atoms with E-state index in [1.807, 2.05) is 25.3 Å². The second-order valence-corrected chi connectivity index (χ2v) is 5.26. The highest BCUT2D eigenvalue weighted by atomic mass is 16.5. The topological polar surface area (TPSA) is 41.2 Å². The number of para-hydroxylation sites is 1. The molecule has 4 heteroatoms. The second-order valence-electron chi connectivity index (χ2n) is 5.26. The second kappa shape index (κ2) is 5.05. The van der Waals surface area contributed by atoms with Crippen LogP contribution in [0.2, 0.25) is 0 Å². The van der Waals surface area contributed by atoms with Crippen LogP contribution in [0.4, 0.5) is 0 Å². The zero-order valence-corrected chi connectivity index (χ0v) is 11.4. The summed E-state index contributed by atoms with van der Waals surface area (Å²) in [5, 5.41) is 0. The SMILES string of the molecule is Cc1cnc(CN(C)C[C@@H]2Cc3ccccc3O2)[nH]1. The van der Waals surface area contributed by atoms with Crippen LogP contribution in [0.15, 0.2) is 30.5 Å². The molecular weight excluding hydrogens is 238 g/mol. The van der Waals surface area contributed by atoms with Gasteiger partial charge in [0, 0.05) is 24.9 Å². The number of nitrogens with one attached hydrogen (secondary N) is 1. The summed E-state index contributed by atoms with van der Waals surface area (Å²) in [4.78, 5) is 9.83. The van der Waals surface area contributed by atoms with Gasteiger partial charge in [0.1, 0.15) is 17.7 Å². The third-order valence-electron chi connectivity index (χ3n) is 3.40. The quantitative estimate of drug-likeness (QED) is 0.912. The average Bonchev–Trinajstić information content (AvgIpc) is 2.94. The minimum atomic E-state index is 0.249. The van der Waals surface area contributed by atoms with Crippen LogP contribution in [0, 0.1) is 6.92 Å². The Hall–Kier alpha value is -1.81. The molecule has 4 nitrogen and oxygen atoms in total. The number of likely N-dealkylation sites (N-methyl/N-ethyl adjacent to an activating group) is 1. The molecule has 0 saturated heterocycles. The Morgan fingerprint density at radius 1 is 1.42 bits per heavy atom. The van der Waals surface area contributed by atoms with Crippen LogP contribution in [0.3, 0.4) is 0 Å². The molecule has 1 atom stereocenters. The standard InChI is InChI=1S/C15H19N3O/c1-11-8-16-15(17-11)10-18(2)9-13-7-12-5-3-4-6-14(12)19-13/h3-6,8,13H,7,9-10H2,1-2H3,(H,16,17)/t13-/m0/s1. The summed E-state index contributed by atoms with van der Waals surface area (Å²) in [6.45, 7) is 3.76. The van der Waals surface area contributed by atoms with Crippen molar-refractivity contribution in [2.45, 2.75) is 26.0 Å². The zero-order chi connectivity index (χ0) is 13.2. The van der Waals surface area contributed by atoms with E-state index in [1.54, 1.807) is 0 Å². The normalized spacial score (nSPS) is 17.5. The fourth-order valence-electron chi connectivity index (χ4n) is 2.57. The van der Waals surface area contributed by atoms with E-state index < -0.39 is 0 Å². The summed E-state index contributed by atoms with van der Waals surface area (Å²) < 4.78 is 5.95. The Labute approximate surface area is 113 Å². The summed E-state index contributed by atoms with van der Waals surface area (Å²) in [7, 11) is 2.10. The van der Waals surface area contributed by atoms with Crippen LogP contribution in [0.25, 0.3) is 0 Å². The fourth-order valence-corrected chi connectivity index (χ4v) is 2.57. The summed E-state index contributed by atoms with van der Waals surface area (Å²) in [6, 6.07) is 8.28. The van der Waals surface area contributed by atoms with E-state index in [4.69, 9.17) is 4.74 Å². The molecule has 0 fully saturated rings. The van der Waals surface area contributed by atoms with Crippen LogP contribution in [0.5, 0.6) is 5.75 Å². The van der Waals surface area contributed by atoms with Gasteiger partial charge in [-0.15, -0.1) is 0 Å². The van der Waals surface area contributed by atoms with Gasteiger partial charge in [-0.3, -0.25) is 4.90 Å². The molecule has 0 radical (unpaired) electrons. The maximum Gasteiger partial charge on any atom is 0.123 e. The molecule has 2 aromatic rings. The molecule has 19 heavy (non-hydrogen) atoms. The van der Waals surface area contributed by atoms with Crippen molar-refractivity contribution in [3.8, 4) is 5.75 Å². The van der Waals surface area contributed by atoms with E-state index in [0.717, 1.165) is 36.8 Å².